The number of hydrogen-bond donors (Lipinski definition) is 0. The van der Waals surface area contributed by atoms with Gasteiger partial charge in [0.1, 0.15) is 0 Å². The second-order valence-corrected chi connectivity index (χ2v) is 5.10. The molecule has 1 heterocycles. The molecule has 0 saturated heterocycles. The molecule has 1 nitrogen and oxygen atoms in total. The Morgan fingerprint density at radius 1 is 0.947 bits per heavy atom. The van der Waals surface area contributed by atoms with Gasteiger partial charge in [-0.2, -0.15) is 0 Å². The molecule has 0 saturated carbocycles. The third-order valence-corrected chi connectivity index (χ3v) is 3.82. The highest BCUT2D eigenvalue weighted by Gasteiger charge is 2.18. The Hall–Kier alpha value is -1.60. The first-order chi connectivity index (χ1) is 9.28. The lowest BCUT2D eigenvalue weighted by atomic mass is 10.0. The van der Waals surface area contributed by atoms with Crippen molar-refractivity contribution in [2.45, 2.75) is 19.8 Å². The minimum atomic E-state index is 0.626. The highest BCUT2D eigenvalue weighted by atomic mass is 35.5. The molecule has 0 atom stereocenters. The Balaban J connectivity index is 1.97. The van der Waals surface area contributed by atoms with Crippen LogP contribution >= 0.6 is 11.6 Å². The Morgan fingerprint density at radius 2 is 1.63 bits per heavy atom. The second-order valence-electron chi connectivity index (χ2n) is 4.75. The van der Waals surface area contributed by atoms with Gasteiger partial charge in [-0.15, -0.1) is 0 Å². The summed E-state index contributed by atoms with van der Waals surface area (Å²) in [4.78, 5) is 4.41. The number of rotatable bonds is 3. The van der Waals surface area contributed by atoms with Crippen molar-refractivity contribution >= 4 is 17.2 Å². The van der Waals surface area contributed by atoms with Crippen LogP contribution in [0.2, 0.25) is 0 Å². The molecular formula is C17H15ClN. The average molecular weight is 269 g/mol. The molecule has 1 radical (unpaired) electrons. The van der Waals surface area contributed by atoms with E-state index in [0.29, 0.717) is 5.50 Å². The summed E-state index contributed by atoms with van der Waals surface area (Å²) in [5.74, 6) is 0. The average Bonchev–Trinajstić information content (AvgIpc) is 2.76. The van der Waals surface area contributed by atoms with E-state index in [4.69, 9.17) is 11.6 Å². The molecule has 1 aliphatic heterocycles. The van der Waals surface area contributed by atoms with Gasteiger partial charge in [0, 0.05) is 5.22 Å². The maximum Gasteiger partial charge on any atom is 0.199 e. The largest absolute Gasteiger partial charge is 0.253 e. The summed E-state index contributed by atoms with van der Waals surface area (Å²) in [6.07, 6.45) is 1.91. The van der Waals surface area contributed by atoms with Crippen LogP contribution in [0, 0.1) is 5.50 Å². The van der Waals surface area contributed by atoms with Crippen LogP contribution in [0.1, 0.15) is 18.1 Å². The van der Waals surface area contributed by atoms with E-state index >= 15 is 0 Å². The summed E-state index contributed by atoms with van der Waals surface area (Å²) < 4.78 is 0. The zero-order valence-corrected chi connectivity index (χ0v) is 11.6. The molecule has 0 spiro atoms. The maximum absolute atomic E-state index is 6.26. The third kappa shape index (κ3) is 2.43. The Bertz CT molecular complexity index is 701. The minimum absolute atomic E-state index is 0.626. The van der Waals surface area contributed by atoms with Gasteiger partial charge in [-0.05, 0) is 35.6 Å². The van der Waals surface area contributed by atoms with Gasteiger partial charge in [-0.25, -0.2) is 0 Å². The molecule has 0 N–H and O–H groups in total. The lowest BCUT2D eigenvalue weighted by Crippen LogP contribution is -2.22. The normalized spacial score (nSPS) is 14.3. The zero-order valence-electron chi connectivity index (χ0n) is 10.9. The number of halogens is 1. The van der Waals surface area contributed by atoms with Gasteiger partial charge >= 0.3 is 0 Å². The highest BCUT2D eigenvalue weighted by Crippen LogP contribution is 2.25. The lowest BCUT2D eigenvalue weighted by molar-refractivity contribution is 1.13. The van der Waals surface area contributed by atoms with Gasteiger partial charge in [0.25, 0.3) is 0 Å². The van der Waals surface area contributed by atoms with E-state index in [9.17, 15) is 0 Å². The van der Waals surface area contributed by atoms with Crippen LogP contribution in [0.15, 0.2) is 53.5 Å². The van der Waals surface area contributed by atoms with E-state index in [-0.39, 0.29) is 0 Å². The van der Waals surface area contributed by atoms with Crippen LogP contribution in [-0.4, -0.2) is 0 Å². The van der Waals surface area contributed by atoms with Crippen molar-refractivity contribution in [3.05, 3.63) is 75.7 Å². The topological polar surface area (TPSA) is 12.4 Å². The van der Waals surface area contributed by atoms with Gasteiger partial charge in [0.15, 0.2) is 5.50 Å². The molecule has 19 heavy (non-hydrogen) atoms. The molecule has 0 amide bonds. The molecule has 0 bridgehead atoms. The van der Waals surface area contributed by atoms with Gasteiger partial charge in [0.2, 0.25) is 0 Å². The predicted molar refractivity (Wildman–Crippen MR) is 79.3 cm³/mol. The van der Waals surface area contributed by atoms with Crippen molar-refractivity contribution in [1.29, 1.82) is 0 Å². The Morgan fingerprint density at radius 3 is 2.37 bits per heavy atom. The number of benzene rings is 2. The van der Waals surface area contributed by atoms with E-state index in [0.717, 1.165) is 29.0 Å². The van der Waals surface area contributed by atoms with Gasteiger partial charge in [0.05, 0.1) is 5.36 Å². The fourth-order valence-electron chi connectivity index (χ4n) is 2.38. The number of aryl methyl sites for hydroxylation is 1. The first-order valence-electron chi connectivity index (χ1n) is 6.55. The van der Waals surface area contributed by atoms with Crippen LogP contribution < -0.4 is 10.6 Å². The molecule has 3 rings (SSSR count). The molecule has 2 aromatic rings. The van der Waals surface area contributed by atoms with Crippen LogP contribution in [-0.2, 0) is 12.8 Å². The van der Waals surface area contributed by atoms with Gasteiger partial charge in [-0.3, -0.25) is 4.99 Å². The maximum atomic E-state index is 6.26. The van der Waals surface area contributed by atoms with Gasteiger partial charge < -0.3 is 0 Å². The molecule has 2 heteroatoms. The molecule has 2 aromatic carbocycles. The summed E-state index contributed by atoms with van der Waals surface area (Å²) in [7, 11) is 0. The van der Waals surface area contributed by atoms with Crippen molar-refractivity contribution in [2.75, 3.05) is 0 Å². The number of hydrogen-bond acceptors (Lipinski definition) is 1. The molecule has 0 fully saturated rings. The fraction of sp³-hybridized carbons (Fsp3) is 0.176. The summed E-state index contributed by atoms with van der Waals surface area (Å²) >= 11 is 6.26. The molecule has 0 aliphatic carbocycles. The van der Waals surface area contributed by atoms with Crippen molar-refractivity contribution in [2.24, 2.45) is 4.99 Å². The van der Waals surface area contributed by atoms with Crippen LogP contribution in [0.4, 0.5) is 0 Å². The minimum Gasteiger partial charge on any atom is -0.253 e. The number of nitrogens with zero attached hydrogens (tertiary/aromatic N) is 1. The quantitative estimate of drug-likeness (QED) is 0.759. The van der Waals surface area contributed by atoms with Crippen LogP contribution in [0.5, 0.6) is 0 Å². The van der Waals surface area contributed by atoms with E-state index in [1.54, 1.807) is 0 Å². The number of fused-ring (bicyclic) bond motifs is 1. The SMILES string of the molecule is CCc1ccc(CC2=c3ccccc3=N[C]2Cl)cc1. The summed E-state index contributed by atoms with van der Waals surface area (Å²) in [5, 5.41) is 2.14. The fourth-order valence-corrected chi connectivity index (χ4v) is 2.64. The van der Waals surface area contributed by atoms with Crippen molar-refractivity contribution in [1.82, 2.24) is 0 Å². The Kier molecular flexibility index (Phi) is 3.39. The van der Waals surface area contributed by atoms with Crippen LogP contribution in [0.25, 0.3) is 5.57 Å². The van der Waals surface area contributed by atoms with E-state index in [2.05, 4.69) is 42.2 Å². The molecular weight excluding hydrogens is 254 g/mol. The molecule has 95 valence electrons. The highest BCUT2D eigenvalue weighted by molar-refractivity contribution is 6.32. The Labute approximate surface area is 118 Å². The smallest absolute Gasteiger partial charge is 0.199 e. The van der Waals surface area contributed by atoms with Crippen molar-refractivity contribution in [3.63, 3.8) is 0 Å². The van der Waals surface area contributed by atoms with Crippen LogP contribution in [0.3, 0.4) is 0 Å². The summed E-state index contributed by atoms with van der Waals surface area (Å²) in [5.41, 5.74) is 4.39. The summed E-state index contributed by atoms with van der Waals surface area (Å²) in [6.45, 7) is 2.17. The van der Waals surface area contributed by atoms with Crippen molar-refractivity contribution in [3.8, 4) is 0 Å². The van der Waals surface area contributed by atoms with E-state index < -0.39 is 0 Å². The first-order valence-corrected chi connectivity index (χ1v) is 6.93. The first kappa shape index (κ1) is 12.4. The molecule has 0 aromatic heterocycles. The molecule has 0 unspecified atom stereocenters. The molecule has 1 aliphatic rings. The monoisotopic (exact) mass is 268 g/mol. The van der Waals surface area contributed by atoms with E-state index in [1.807, 2.05) is 18.2 Å². The lowest BCUT2D eigenvalue weighted by Gasteiger charge is -2.06. The van der Waals surface area contributed by atoms with Gasteiger partial charge in [-0.1, -0.05) is 61.0 Å². The van der Waals surface area contributed by atoms with Crippen molar-refractivity contribution < 1.29 is 0 Å². The standard InChI is InChI=1S/C17H15ClN/c1-2-12-7-9-13(10-8-12)11-15-14-5-3-4-6-16(14)19-17(15)18/h3-10H,2,11H2,1H3. The second kappa shape index (κ2) is 5.18. The zero-order chi connectivity index (χ0) is 13.2. The number of para-hydroxylation sites is 1. The van der Waals surface area contributed by atoms with E-state index in [1.165, 1.54) is 11.1 Å². The third-order valence-electron chi connectivity index (χ3n) is 3.51. The summed E-state index contributed by atoms with van der Waals surface area (Å²) in [6, 6.07) is 16.8. The predicted octanol–water partition coefficient (Wildman–Crippen LogP) is 3.00.